The summed E-state index contributed by atoms with van der Waals surface area (Å²) in [6, 6.07) is 4.24. The van der Waals surface area contributed by atoms with Gasteiger partial charge in [0.2, 0.25) is 5.88 Å². The molecule has 0 saturated heterocycles. The van der Waals surface area contributed by atoms with Crippen LogP contribution >= 0.6 is 0 Å². The Hall–Kier alpha value is -1.88. The van der Waals surface area contributed by atoms with E-state index in [-0.39, 0.29) is 0 Å². The van der Waals surface area contributed by atoms with Crippen molar-refractivity contribution in [2.75, 3.05) is 7.11 Å². The molecule has 96 valence electrons. The lowest BCUT2D eigenvalue weighted by Gasteiger charge is -2.05. The van der Waals surface area contributed by atoms with Gasteiger partial charge in [-0.3, -0.25) is 0 Å². The Morgan fingerprint density at radius 1 is 1.33 bits per heavy atom. The van der Waals surface area contributed by atoms with E-state index in [4.69, 9.17) is 4.74 Å². The minimum atomic E-state index is 0.456. The van der Waals surface area contributed by atoms with Crippen molar-refractivity contribution in [2.24, 2.45) is 0 Å². The molecule has 2 aromatic rings. The minimum Gasteiger partial charge on any atom is -0.481 e. The number of methoxy groups -OCH3 is 1. The van der Waals surface area contributed by atoms with Crippen molar-refractivity contribution >= 4 is 0 Å². The normalized spacial score (nSPS) is 10.9. The van der Waals surface area contributed by atoms with E-state index in [1.54, 1.807) is 19.6 Å². The molecule has 5 heteroatoms. The van der Waals surface area contributed by atoms with Crippen LogP contribution in [0.4, 0.5) is 0 Å². The second-order valence-corrected chi connectivity index (χ2v) is 4.37. The van der Waals surface area contributed by atoms with E-state index >= 15 is 0 Å². The summed E-state index contributed by atoms with van der Waals surface area (Å²) >= 11 is 0. The van der Waals surface area contributed by atoms with Gasteiger partial charge in [-0.2, -0.15) is 0 Å². The maximum atomic E-state index is 5.03. The molecule has 0 aliphatic carbocycles. The number of imidazole rings is 1. The number of nitrogens with zero attached hydrogens (tertiary/aromatic N) is 3. The van der Waals surface area contributed by atoms with Gasteiger partial charge in [0.15, 0.2) is 0 Å². The third kappa shape index (κ3) is 3.07. The van der Waals surface area contributed by atoms with Gasteiger partial charge in [-0.05, 0) is 6.07 Å². The lowest BCUT2D eigenvalue weighted by atomic mass is 10.3. The van der Waals surface area contributed by atoms with E-state index in [1.807, 2.05) is 22.9 Å². The summed E-state index contributed by atoms with van der Waals surface area (Å²) < 4.78 is 6.98. The number of hydrogen-bond acceptors (Lipinski definition) is 4. The predicted octanol–water partition coefficient (Wildman–Crippen LogP) is 1.77. The highest BCUT2D eigenvalue weighted by atomic mass is 16.5. The van der Waals surface area contributed by atoms with E-state index in [9.17, 15) is 0 Å². The number of nitrogens with one attached hydrogen (secondary N) is 1. The summed E-state index contributed by atoms with van der Waals surface area (Å²) in [5.41, 5.74) is 1.98. The van der Waals surface area contributed by atoms with Gasteiger partial charge in [-0.25, -0.2) is 9.97 Å². The van der Waals surface area contributed by atoms with Crippen LogP contribution in [0, 0.1) is 0 Å². The fourth-order valence-electron chi connectivity index (χ4n) is 1.55. The monoisotopic (exact) mass is 246 g/mol. The Kier molecular flexibility index (Phi) is 3.94. The Bertz CT molecular complexity index is 490. The zero-order valence-electron chi connectivity index (χ0n) is 10.9. The van der Waals surface area contributed by atoms with Gasteiger partial charge in [0.05, 0.1) is 31.0 Å². The van der Waals surface area contributed by atoms with Crippen molar-refractivity contribution < 1.29 is 4.74 Å². The average Bonchev–Trinajstić information content (AvgIpc) is 2.85. The van der Waals surface area contributed by atoms with Crippen LogP contribution in [0.5, 0.6) is 5.88 Å². The van der Waals surface area contributed by atoms with E-state index in [0.29, 0.717) is 11.9 Å². The van der Waals surface area contributed by atoms with Crippen LogP contribution in [0.3, 0.4) is 0 Å². The molecule has 0 spiro atoms. The van der Waals surface area contributed by atoms with Gasteiger partial charge in [-0.1, -0.05) is 13.8 Å². The lowest BCUT2D eigenvalue weighted by Crippen LogP contribution is -2.21. The van der Waals surface area contributed by atoms with Crippen LogP contribution in [0.1, 0.15) is 19.5 Å². The van der Waals surface area contributed by atoms with Crippen molar-refractivity contribution in [3.05, 3.63) is 36.5 Å². The highest BCUT2D eigenvalue weighted by molar-refractivity contribution is 5.31. The SMILES string of the molecule is COc1ccc(-n2cnc(CNC(C)C)c2)cn1. The lowest BCUT2D eigenvalue weighted by molar-refractivity contribution is 0.398. The highest BCUT2D eigenvalue weighted by Crippen LogP contribution is 2.11. The summed E-state index contributed by atoms with van der Waals surface area (Å²) in [4.78, 5) is 8.52. The van der Waals surface area contributed by atoms with Crippen LogP contribution < -0.4 is 10.1 Å². The molecule has 0 aliphatic rings. The first-order valence-electron chi connectivity index (χ1n) is 5.95. The van der Waals surface area contributed by atoms with E-state index < -0.39 is 0 Å². The molecule has 0 radical (unpaired) electrons. The first-order valence-corrected chi connectivity index (χ1v) is 5.95. The zero-order valence-corrected chi connectivity index (χ0v) is 10.9. The van der Waals surface area contributed by atoms with Gasteiger partial charge in [0, 0.05) is 24.8 Å². The maximum absolute atomic E-state index is 5.03. The molecule has 0 amide bonds. The molecule has 1 N–H and O–H groups in total. The molecule has 18 heavy (non-hydrogen) atoms. The standard InChI is InChI=1S/C13H18N4O/c1-10(2)14-6-11-8-17(9-16-11)12-4-5-13(18-3)15-7-12/h4-5,7-10,14H,6H2,1-3H3. The Morgan fingerprint density at radius 2 is 2.17 bits per heavy atom. The molecule has 0 aliphatic heterocycles. The van der Waals surface area contributed by atoms with Crippen molar-refractivity contribution in [3.8, 4) is 11.6 Å². The summed E-state index contributed by atoms with van der Waals surface area (Å²) in [6.45, 7) is 5.00. The average molecular weight is 246 g/mol. The minimum absolute atomic E-state index is 0.456. The Balaban J connectivity index is 2.08. The fraction of sp³-hybridized carbons (Fsp3) is 0.385. The quantitative estimate of drug-likeness (QED) is 0.873. The molecule has 2 heterocycles. The van der Waals surface area contributed by atoms with E-state index in [2.05, 4.69) is 29.1 Å². The van der Waals surface area contributed by atoms with Gasteiger partial charge >= 0.3 is 0 Å². The smallest absolute Gasteiger partial charge is 0.213 e. The topological polar surface area (TPSA) is 52.0 Å². The van der Waals surface area contributed by atoms with Gasteiger partial charge in [-0.15, -0.1) is 0 Å². The van der Waals surface area contributed by atoms with Gasteiger partial charge in [0.25, 0.3) is 0 Å². The molecular weight excluding hydrogens is 228 g/mol. The molecule has 5 nitrogen and oxygen atoms in total. The van der Waals surface area contributed by atoms with Gasteiger partial charge < -0.3 is 14.6 Å². The number of rotatable bonds is 5. The predicted molar refractivity (Wildman–Crippen MR) is 69.9 cm³/mol. The Morgan fingerprint density at radius 3 is 2.78 bits per heavy atom. The second kappa shape index (κ2) is 5.64. The second-order valence-electron chi connectivity index (χ2n) is 4.37. The maximum Gasteiger partial charge on any atom is 0.213 e. The number of ether oxygens (including phenoxy) is 1. The molecular formula is C13H18N4O. The van der Waals surface area contributed by atoms with Crippen LogP contribution in [0.15, 0.2) is 30.9 Å². The largest absolute Gasteiger partial charge is 0.481 e. The third-order valence-corrected chi connectivity index (χ3v) is 2.56. The van der Waals surface area contributed by atoms with Crippen molar-refractivity contribution in [2.45, 2.75) is 26.4 Å². The van der Waals surface area contributed by atoms with E-state index in [0.717, 1.165) is 17.9 Å². The fourth-order valence-corrected chi connectivity index (χ4v) is 1.55. The van der Waals surface area contributed by atoms with Crippen LogP contribution in [0.2, 0.25) is 0 Å². The molecule has 0 bridgehead atoms. The number of pyridine rings is 1. The Labute approximate surface area is 107 Å². The van der Waals surface area contributed by atoms with Gasteiger partial charge in [0.1, 0.15) is 0 Å². The zero-order chi connectivity index (χ0) is 13.0. The highest BCUT2D eigenvalue weighted by Gasteiger charge is 2.02. The van der Waals surface area contributed by atoms with Crippen LogP contribution in [-0.4, -0.2) is 27.7 Å². The summed E-state index contributed by atoms with van der Waals surface area (Å²) in [5, 5.41) is 3.33. The molecule has 0 atom stereocenters. The molecule has 2 aromatic heterocycles. The molecule has 0 saturated carbocycles. The first kappa shape index (κ1) is 12.6. The number of hydrogen-bond donors (Lipinski definition) is 1. The molecule has 2 rings (SSSR count). The summed E-state index contributed by atoms with van der Waals surface area (Å²) in [6.07, 6.45) is 5.56. The van der Waals surface area contributed by atoms with Crippen molar-refractivity contribution in [1.29, 1.82) is 0 Å². The molecule has 0 unspecified atom stereocenters. The molecule has 0 aromatic carbocycles. The number of aromatic nitrogens is 3. The third-order valence-electron chi connectivity index (χ3n) is 2.56. The first-order chi connectivity index (χ1) is 8.69. The summed E-state index contributed by atoms with van der Waals surface area (Å²) in [5.74, 6) is 0.612. The van der Waals surface area contributed by atoms with Crippen molar-refractivity contribution in [3.63, 3.8) is 0 Å². The van der Waals surface area contributed by atoms with Crippen LogP contribution in [-0.2, 0) is 6.54 Å². The summed E-state index contributed by atoms with van der Waals surface area (Å²) in [7, 11) is 1.61. The van der Waals surface area contributed by atoms with E-state index in [1.165, 1.54) is 0 Å². The molecule has 0 fully saturated rings. The van der Waals surface area contributed by atoms with Crippen LogP contribution in [0.25, 0.3) is 5.69 Å². The van der Waals surface area contributed by atoms with Crippen molar-refractivity contribution in [1.82, 2.24) is 19.9 Å².